The minimum absolute atomic E-state index is 0.175. The molecule has 36 heavy (non-hydrogen) atoms. The average Bonchev–Trinajstić information content (AvgIpc) is 3.13. The number of halogens is 1. The number of thioether (sulfide) groups is 1. The van der Waals surface area contributed by atoms with Crippen molar-refractivity contribution in [2.75, 3.05) is 23.9 Å². The molecule has 4 rings (SSSR count). The van der Waals surface area contributed by atoms with E-state index >= 15 is 0 Å². The molecule has 0 bridgehead atoms. The van der Waals surface area contributed by atoms with Crippen LogP contribution in [0.4, 0.5) is 11.4 Å². The smallest absolute Gasteiger partial charge is 0.270 e. The molecule has 0 radical (unpaired) electrons. The van der Waals surface area contributed by atoms with Crippen molar-refractivity contribution in [1.82, 2.24) is 0 Å². The van der Waals surface area contributed by atoms with Crippen molar-refractivity contribution in [2.45, 2.75) is 13.8 Å². The molecule has 3 aromatic carbocycles. The molecule has 0 saturated carbocycles. The Morgan fingerprint density at radius 1 is 1.06 bits per heavy atom. The van der Waals surface area contributed by atoms with E-state index in [2.05, 4.69) is 5.32 Å². The van der Waals surface area contributed by atoms with Crippen LogP contribution in [0.5, 0.6) is 11.5 Å². The second kappa shape index (κ2) is 11.2. The van der Waals surface area contributed by atoms with E-state index in [-0.39, 0.29) is 18.4 Å². The number of methoxy groups -OCH3 is 1. The number of benzene rings is 3. The van der Waals surface area contributed by atoms with Gasteiger partial charge in [-0.3, -0.25) is 14.5 Å². The van der Waals surface area contributed by atoms with Crippen molar-refractivity contribution < 1.29 is 19.1 Å². The molecule has 0 aliphatic carbocycles. The van der Waals surface area contributed by atoms with Gasteiger partial charge >= 0.3 is 0 Å². The predicted octanol–water partition coefficient (Wildman–Crippen LogP) is 6.39. The minimum atomic E-state index is -0.321. The Kier molecular flexibility index (Phi) is 7.98. The maximum absolute atomic E-state index is 13.1. The van der Waals surface area contributed by atoms with Gasteiger partial charge in [0.05, 0.1) is 17.7 Å². The standard InChI is InChI=1S/C27H23ClN2O4S2/c1-16-4-10-21(12-17(16)2)30-26(32)24(36-27(30)35)14-18-5-11-22(23(13-18)33-3)34-15-25(31)29-20-8-6-19(28)7-9-20/h4-14H,15H2,1-3H3,(H,29,31)/b24-14-. The summed E-state index contributed by atoms with van der Waals surface area (Å²) < 4.78 is 11.6. The van der Waals surface area contributed by atoms with Crippen molar-refractivity contribution in [1.29, 1.82) is 0 Å². The van der Waals surface area contributed by atoms with E-state index in [1.165, 1.54) is 18.9 Å². The van der Waals surface area contributed by atoms with Gasteiger partial charge in [-0.25, -0.2) is 0 Å². The molecule has 0 atom stereocenters. The van der Waals surface area contributed by atoms with Gasteiger partial charge < -0.3 is 14.8 Å². The Morgan fingerprint density at radius 2 is 1.81 bits per heavy atom. The predicted molar refractivity (Wildman–Crippen MR) is 150 cm³/mol. The summed E-state index contributed by atoms with van der Waals surface area (Å²) in [6.07, 6.45) is 1.76. The molecule has 3 aromatic rings. The molecule has 9 heteroatoms. The highest BCUT2D eigenvalue weighted by atomic mass is 35.5. The fourth-order valence-electron chi connectivity index (χ4n) is 3.47. The molecule has 184 valence electrons. The van der Waals surface area contributed by atoms with E-state index in [9.17, 15) is 9.59 Å². The number of aryl methyl sites for hydroxylation is 2. The highest BCUT2D eigenvalue weighted by Crippen LogP contribution is 2.37. The molecule has 1 N–H and O–H groups in total. The maximum Gasteiger partial charge on any atom is 0.270 e. The van der Waals surface area contributed by atoms with Crippen LogP contribution in [-0.2, 0) is 9.59 Å². The number of carbonyl (C=O) groups excluding carboxylic acids is 2. The van der Waals surface area contributed by atoms with Crippen molar-refractivity contribution in [2.24, 2.45) is 0 Å². The largest absolute Gasteiger partial charge is 0.493 e. The zero-order valence-corrected chi connectivity index (χ0v) is 22.2. The normalized spacial score (nSPS) is 14.3. The first-order valence-electron chi connectivity index (χ1n) is 11.0. The molecule has 0 aromatic heterocycles. The van der Waals surface area contributed by atoms with Crippen molar-refractivity contribution in [3.63, 3.8) is 0 Å². The van der Waals surface area contributed by atoms with E-state index in [0.29, 0.717) is 31.4 Å². The molecule has 1 aliphatic heterocycles. The molecule has 1 aliphatic rings. The third kappa shape index (κ3) is 5.90. The molecule has 1 heterocycles. The number of anilines is 2. The maximum atomic E-state index is 13.1. The summed E-state index contributed by atoms with van der Waals surface area (Å²) in [5.74, 6) is 0.348. The first-order chi connectivity index (χ1) is 17.2. The van der Waals surface area contributed by atoms with Crippen LogP contribution < -0.4 is 19.7 Å². The molecule has 0 unspecified atom stereocenters. The number of hydrogen-bond acceptors (Lipinski definition) is 6. The van der Waals surface area contributed by atoms with Crippen molar-refractivity contribution in [3.05, 3.63) is 87.3 Å². The number of carbonyl (C=O) groups is 2. The topological polar surface area (TPSA) is 67.9 Å². The van der Waals surface area contributed by atoms with Gasteiger partial charge in [0.25, 0.3) is 11.8 Å². The summed E-state index contributed by atoms with van der Waals surface area (Å²) in [7, 11) is 1.51. The Bertz CT molecular complexity index is 1370. The molecular formula is C27H23ClN2O4S2. The van der Waals surface area contributed by atoms with Gasteiger partial charge in [0, 0.05) is 10.7 Å². The second-order valence-electron chi connectivity index (χ2n) is 8.04. The van der Waals surface area contributed by atoms with Crippen LogP contribution in [0, 0.1) is 13.8 Å². The van der Waals surface area contributed by atoms with E-state index in [1.54, 1.807) is 53.4 Å². The SMILES string of the molecule is COc1cc(/C=C2\SC(=S)N(c3ccc(C)c(C)c3)C2=O)ccc1OCC(=O)Nc1ccc(Cl)cc1. The summed E-state index contributed by atoms with van der Waals surface area (Å²) in [6.45, 7) is 3.83. The van der Waals surface area contributed by atoms with E-state index in [1.807, 2.05) is 32.0 Å². The van der Waals surface area contributed by atoms with Gasteiger partial charge in [0.15, 0.2) is 22.4 Å². The van der Waals surface area contributed by atoms with Crippen LogP contribution in [0.1, 0.15) is 16.7 Å². The van der Waals surface area contributed by atoms with Crippen LogP contribution in [0.3, 0.4) is 0 Å². The van der Waals surface area contributed by atoms with Crippen LogP contribution in [0.25, 0.3) is 6.08 Å². The second-order valence-corrected chi connectivity index (χ2v) is 10.2. The Morgan fingerprint density at radius 3 is 2.50 bits per heavy atom. The Labute approximate surface area is 224 Å². The number of nitrogens with one attached hydrogen (secondary N) is 1. The lowest BCUT2D eigenvalue weighted by Crippen LogP contribution is -2.27. The highest BCUT2D eigenvalue weighted by molar-refractivity contribution is 8.27. The summed E-state index contributed by atoms with van der Waals surface area (Å²) in [5.41, 5.74) is 4.35. The molecule has 1 fully saturated rings. The number of ether oxygens (including phenoxy) is 2. The van der Waals surface area contributed by atoms with Gasteiger partial charge in [0.1, 0.15) is 0 Å². The quantitative estimate of drug-likeness (QED) is 0.278. The van der Waals surface area contributed by atoms with Crippen LogP contribution >= 0.6 is 35.6 Å². The minimum Gasteiger partial charge on any atom is -0.493 e. The summed E-state index contributed by atoms with van der Waals surface area (Å²) in [5, 5.41) is 3.32. The number of hydrogen-bond donors (Lipinski definition) is 1. The lowest BCUT2D eigenvalue weighted by atomic mass is 10.1. The molecular weight excluding hydrogens is 516 g/mol. The molecule has 6 nitrogen and oxygen atoms in total. The van der Waals surface area contributed by atoms with Gasteiger partial charge in [-0.2, -0.15) is 0 Å². The van der Waals surface area contributed by atoms with E-state index in [4.69, 9.17) is 33.3 Å². The van der Waals surface area contributed by atoms with E-state index in [0.717, 1.165) is 22.4 Å². The number of amides is 2. The van der Waals surface area contributed by atoms with Gasteiger partial charge in [-0.1, -0.05) is 47.7 Å². The zero-order valence-electron chi connectivity index (χ0n) is 19.8. The Hall–Kier alpha value is -3.33. The lowest BCUT2D eigenvalue weighted by Gasteiger charge is -2.16. The van der Waals surface area contributed by atoms with Gasteiger partial charge in [0.2, 0.25) is 0 Å². The summed E-state index contributed by atoms with van der Waals surface area (Å²) in [6, 6.07) is 17.9. The van der Waals surface area contributed by atoms with Crippen LogP contribution in [-0.4, -0.2) is 29.9 Å². The molecule has 2 amide bonds. The molecule has 0 spiro atoms. The monoisotopic (exact) mass is 538 g/mol. The summed E-state index contributed by atoms with van der Waals surface area (Å²) >= 11 is 12.6. The number of rotatable bonds is 7. The third-order valence-electron chi connectivity index (χ3n) is 5.51. The average molecular weight is 539 g/mol. The third-order valence-corrected chi connectivity index (χ3v) is 7.07. The first-order valence-corrected chi connectivity index (χ1v) is 12.6. The van der Waals surface area contributed by atoms with Crippen molar-refractivity contribution >= 4 is 69.2 Å². The fraction of sp³-hybridized carbons (Fsp3) is 0.148. The van der Waals surface area contributed by atoms with Crippen molar-refractivity contribution in [3.8, 4) is 11.5 Å². The zero-order chi connectivity index (χ0) is 25.8. The van der Waals surface area contributed by atoms with Gasteiger partial charge in [-0.15, -0.1) is 0 Å². The first kappa shape index (κ1) is 25.8. The Balaban J connectivity index is 1.45. The molecule has 1 saturated heterocycles. The lowest BCUT2D eigenvalue weighted by molar-refractivity contribution is -0.118. The van der Waals surface area contributed by atoms with Crippen LogP contribution in [0.2, 0.25) is 5.02 Å². The van der Waals surface area contributed by atoms with E-state index < -0.39 is 0 Å². The number of nitrogens with zero attached hydrogens (tertiary/aromatic N) is 1. The van der Waals surface area contributed by atoms with Crippen LogP contribution in [0.15, 0.2) is 65.6 Å². The fourth-order valence-corrected chi connectivity index (χ4v) is 4.90. The summed E-state index contributed by atoms with van der Waals surface area (Å²) in [4.78, 5) is 27.4. The number of thiocarbonyl (C=S) groups is 1. The highest BCUT2D eigenvalue weighted by Gasteiger charge is 2.33. The van der Waals surface area contributed by atoms with Gasteiger partial charge in [-0.05, 0) is 85.1 Å².